The van der Waals surface area contributed by atoms with Gasteiger partial charge in [-0.3, -0.25) is 0 Å². The van der Waals surface area contributed by atoms with Crippen LogP contribution >= 0.6 is 11.6 Å². The van der Waals surface area contributed by atoms with Gasteiger partial charge in [0.25, 0.3) is 0 Å². The maximum Gasteiger partial charge on any atom is 0.138 e. The van der Waals surface area contributed by atoms with Gasteiger partial charge in [-0.25, -0.2) is 0 Å². The summed E-state index contributed by atoms with van der Waals surface area (Å²) < 4.78 is 5.90. The van der Waals surface area contributed by atoms with E-state index in [1.165, 1.54) is 0 Å². The molecule has 0 saturated heterocycles. The molecule has 0 aliphatic heterocycles. The highest BCUT2D eigenvalue weighted by molar-refractivity contribution is 6.32. The highest BCUT2D eigenvalue weighted by Crippen LogP contribution is 2.25. The Morgan fingerprint density at radius 3 is 2.59 bits per heavy atom. The van der Waals surface area contributed by atoms with Crippen molar-refractivity contribution in [3.63, 3.8) is 0 Å². The maximum absolute atomic E-state index is 6.08. The van der Waals surface area contributed by atoms with E-state index in [0.29, 0.717) is 11.1 Å². The Balaban J connectivity index is 2.57. The Bertz CT molecular complexity index is 330. The van der Waals surface area contributed by atoms with E-state index in [0.717, 1.165) is 25.1 Å². The minimum atomic E-state index is 0.117. The lowest BCUT2D eigenvalue weighted by atomic mass is 10.1. The minimum Gasteiger partial charge on any atom is -0.488 e. The third-order valence-corrected chi connectivity index (χ3v) is 3.12. The van der Waals surface area contributed by atoms with Gasteiger partial charge in [0.15, 0.2) is 0 Å². The standard InChI is InChI=1S/C14H22ClNO/c1-4-10-16-13(5-2)11(3)17-14-9-7-6-8-12(14)15/h6-9,11,13,16H,4-5,10H2,1-3H3. The monoisotopic (exact) mass is 255 g/mol. The van der Waals surface area contributed by atoms with Crippen LogP contribution in [-0.2, 0) is 0 Å². The molecule has 0 spiro atoms. The fourth-order valence-electron chi connectivity index (χ4n) is 1.79. The molecule has 3 heteroatoms. The first-order valence-electron chi connectivity index (χ1n) is 6.33. The van der Waals surface area contributed by atoms with Crippen LogP contribution in [0.15, 0.2) is 24.3 Å². The highest BCUT2D eigenvalue weighted by Gasteiger charge is 2.16. The van der Waals surface area contributed by atoms with E-state index in [4.69, 9.17) is 16.3 Å². The minimum absolute atomic E-state index is 0.117. The normalized spacial score (nSPS) is 14.4. The first-order chi connectivity index (χ1) is 8.19. The van der Waals surface area contributed by atoms with Crippen LogP contribution in [0.3, 0.4) is 0 Å². The number of nitrogens with one attached hydrogen (secondary N) is 1. The van der Waals surface area contributed by atoms with Crippen LogP contribution in [0.5, 0.6) is 5.75 Å². The first-order valence-corrected chi connectivity index (χ1v) is 6.71. The molecule has 17 heavy (non-hydrogen) atoms. The van der Waals surface area contributed by atoms with E-state index >= 15 is 0 Å². The second-order valence-corrected chi connectivity index (χ2v) is 4.63. The Kier molecular flexibility index (Phi) is 6.38. The summed E-state index contributed by atoms with van der Waals surface area (Å²) >= 11 is 6.08. The van der Waals surface area contributed by atoms with Crippen LogP contribution in [0.1, 0.15) is 33.6 Å². The molecule has 0 fully saturated rings. The van der Waals surface area contributed by atoms with Crippen molar-refractivity contribution < 1.29 is 4.74 Å². The van der Waals surface area contributed by atoms with E-state index in [1.54, 1.807) is 0 Å². The molecule has 1 aromatic rings. The van der Waals surface area contributed by atoms with Gasteiger partial charge < -0.3 is 10.1 Å². The largest absolute Gasteiger partial charge is 0.488 e. The van der Waals surface area contributed by atoms with E-state index in [9.17, 15) is 0 Å². The lowest BCUT2D eigenvalue weighted by Gasteiger charge is -2.25. The predicted octanol–water partition coefficient (Wildman–Crippen LogP) is 3.89. The van der Waals surface area contributed by atoms with E-state index in [1.807, 2.05) is 24.3 Å². The van der Waals surface area contributed by atoms with Crippen molar-refractivity contribution in [2.24, 2.45) is 0 Å². The molecular formula is C14H22ClNO. The summed E-state index contributed by atoms with van der Waals surface area (Å²) in [6, 6.07) is 7.97. The predicted molar refractivity (Wildman–Crippen MR) is 73.9 cm³/mol. The average molecular weight is 256 g/mol. The Labute approximate surface area is 109 Å². The van der Waals surface area contributed by atoms with Crippen molar-refractivity contribution in [3.05, 3.63) is 29.3 Å². The molecule has 1 N–H and O–H groups in total. The molecule has 0 amide bonds. The maximum atomic E-state index is 6.08. The van der Waals surface area contributed by atoms with Crippen LogP contribution in [0.4, 0.5) is 0 Å². The van der Waals surface area contributed by atoms with Gasteiger partial charge in [0.2, 0.25) is 0 Å². The van der Waals surface area contributed by atoms with E-state index in [-0.39, 0.29) is 6.10 Å². The second kappa shape index (κ2) is 7.57. The molecule has 0 aliphatic carbocycles. The van der Waals surface area contributed by atoms with Gasteiger partial charge in [0.05, 0.1) is 5.02 Å². The molecule has 0 aromatic heterocycles. The second-order valence-electron chi connectivity index (χ2n) is 4.22. The Hall–Kier alpha value is -0.730. The quantitative estimate of drug-likeness (QED) is 0.798. The third kappa shape index (κ3) is 4.57. The van der Waals surface area contributed by atoms with Crippen LogP contribution < -0.4 is 10.1 Å². The molecule has 0 aliphatic rings. The van der Waals surface area contributed by atoms with Crippen molar-refractivity contribution >= 4 is 11.6 Å². The zero-order chi connectivity index (χ0) is 12.7. The topological polar surface area (TPSA) is 21.3 Å². The number of halogens is 1. The first kappa shape index (κ1) is 14.3. The summed E-state index contributed by atoms with van der Waals surface area (Å²) in [6.45, 7) is 7.44. The zero-order valence-corrected chi connectivity index (χ0v) is 11.6. The average Bonchev–Trinajstić information content (AvgIpc) is 2.33. The fourth-order valence-corrected chi connectivity index (χ4v) is 1.97. The molecule has 2 nitrogen and oxygen atoms in total. The van der Waals surface area contributed by atoms with Crippen LogP contribution in [0, 0.1) is 0 Å². The van der Waals surface area contributed by atoms with Crippen molar-refractivity contribution in [2.75, 3.05) is 6.54 Å². The molecule has 1 aromatic carbocycles. The molecule has 96 valence electrons. The van der Waals surface area contributed by atoms with Crippen LogP contribution in [0.25, 0.3) is 0 Å². The smallest absolute Gasteiger partial charge is 0.138 e. The lowest BCUT2D eigenvalue weighted by molar-refractivity contribution is 0.167. The van der Waals surface area contributed by atoms with Crippen molar-refractivity contribution in [3.8, 4) is 5.75 Å². The number of para-hydroxylation sites is 1. The summed E-state index contributed by atoms with van der Waals surface area (Å²) in [5, 5.41) is 4.16. The number of hydrogen-bond donors (Lipinski definition) is 1. The van der Waals surface area contributed by atoms with Gasteiger partial charge in [0.1, 0.15) is 11.9 Å². The van der Waals surface area contributed by atoms with Gasteiger partial charge in [-0.2, -0.15) is 0 Å². The number of benzene rings is 1. The van der Waals surface area contributed by atoms with Crippen molar-refractivity contribution in [1.82, 2.24) is 5.32 Å². The summed E-state index contributed by atoms with van der Waals surface area (Å²) in [5.41, 5.74) is 0. The third-order valence-electron chi connectivity index (χ3n) is 2.81. The van der Waals surface area contributed by atoms with Crippen molar-refractivity contribution in [2.45, 2.75) is 45.8 Å². The Morgan fingerprint density at radius 1 is 1.29 bits per heavy atom. The molecule has 1 rings (SSSR count). The zero-order valence-electron chi connectivity index (χ0n) is 10.9. The van der Waals surface area contributed by atoms with E-state index < -0.39 is 0 Å². The SMILES string of the molecule is CCCNC(CC)C(C)Oc1ccccc1Cl. The van der Waals surface area contributed by atoms with Crippen molar-refractivity contribution in [1.29, 1.82) is 0 Å². The van der Waals surface area contributed by atoms with Crippen LogP contribution in [0.2, 0.25) is 5.02 Å². The Morgan fingerprint density at radius 2 is 2.00 bits per heavy atom. The van der Waals surface area contributed by atoms with Gasteiger partial charge in [-0.05, 0) is 38.4 Å². The molecule has 0 radical (unpaired) electrons. The van der Waals surface area contributed by atoms with E-state index in [2.05, 4.69) is 26.1 Å². The number of ether oxygens (including phenoxy) is 1. The van der Waals surface area contributed by atoms with Crippen LogP contribution in [-0.4, -0.2) is 18.7 Å². The summed E-state index contributed by atoms with van der Waals surface area (Å²) in [5.74, 6) is 0.762. The number of hydrogen-bond acceptors (Lipinski definition) is 2. The molecule has 0 bridgehead atoms. The molecule has 2 atom stereocenters. The molecule has 2 unspecified atom stereocenters. The summed E-state index contributed by atoms with van der Waals surface area (Å²) in [4.78, 5) is 0. The van der Waals surface area contributed by atoms with Gasteiger partial charge in [-0.1, -0.05) is 37.6 Å². The summed E-state index contributed by atoms with van der Waals surface area (Å²) in [6.07, 6.45) is 2.30. The molecule has 0 heterocycles. The summed E-state index contributed by atoms with van der Waals surface area (Å²) in [7, 11) is 0. The molecular weight excluding hydrogens is 234 g/mol. The lowest BCUT2D eigenvalue weighted by Crippen LogP contribution is -2.41. The van der Waals surface area contributed by atoms with Gasteiger partial charge in [0, 0.05) is 6.04 Å². The highest BCUT2D eigenvalue weighted by atomic mass is 35.5. The van der Waals surface area contributed by atoms with Gasteiger partial charge in [-0.15, -0.1) is 0 Å². The fraction of sp³-hybridized carbons (Fsp3) is 0.571. The number of rotatable bonds is 7. The molecule has 0 saturated carbocycles. The van der Waals surface area contributed by atoms with Gasteiger partial charge >= 0.3 is 0 Å².